The Kier molecular flexibility index (Phi) is 6.75. The van der Waals surface area contributed by atoms with E-state index in [1.54, 1.807) is 4.90 Å². The lowest BCUT2D eigenvalue weighted by atomic mass is 9.75. The van der Waals surface area contributed by atoms with Gasteiger partial charge in [-0.05, 0) is 53.9 Å². The number of carbonyl (C=O) groups excluding carboxylic acids is 2. The number of nitrogens with one attached hydrogen (secondary N) is 1. The number of likely N-dealkylation sites (tertiary alicyclic amines) is 1. The summed E-state index contributed by atoms with van der Waals surface area (Å²) in [5.41, 5.74) is 4.66. The Morgan fingerprint density at radius 3 is 2.23 bits per heavy atom. The van der Waals surface area contributed by atoms with Crippen molar-refractivity contribution in [1.82, 2.24) is 10.2 Å². The van der Waals surface area contributed by atoms with Gasteiger partial charge in [0.25, 0.3) is 0 Å². The quantitative estimate of drug-likeness (QED) is 0.589. The first-order chi connectivity index (χ1) is 17.0. The van der Waals surface area contributed by atoms with Gasteiger partial charge in [0, 0.05) is 25.0 Å². The number of hydrogen-bond acceptors (Lipinski definition) is 4. The lowest BCUT2D eigenvalue weighted by Gasteiger charge is -2.36. The molecule has 2 atom stereocenters. The van der Waals surface area contributed by atoms with Crippen molar-refractivity contribution in [3.8, 4) is 11.1 Å². The fraction of sp³-hybridized carbons (Fsp3) is 0.464. The predicted octanol–water partition coefficient (Wildman–Crippen LogP) is 4.41. The number of carboxylic acid groups (broad SMARTS) is 1. The molecule has 0 spiro atoms. The minimum atomic E-state index is -0.883. The first-order valence-corrected chi connectivity index (χ1v) is 12.6. The van der Waals surface area contributed by atoms with E-state index >= 15 is 0 Å². The van der Waals surface area contributed by atoms with Gasteiger partial charge in [0.15, 0.2) is 0 Å². The zero-order valence-corrected chi connectivity index (χ0v) is 19.8. The average Bonchev–Trinajstić information content (AvgIpc) is 3.40. The summed E-state index contributed by atoms with van der Waals surface area (Å²) in [4.78, 5) is 39.0. The summed E-state index contributed by atoms with van der Waals surface area (Å²) in [5.74, 6) is -1.04. The van der Waals surface area contributed by atoms with Gasteiger partial charge in [-0.25, -0.2) is 4.79 Å². The molecule has 7 nitrogen and oxygen atoms in total. The second-order valence-corrected chi connectivity index (χ2v) is 9.93. The molecule has 1 aliphatic heterocycles. The zero-order chi connectivity index (χ0) is 24.4. The Morgan fingerprint density at radius 2 is 1.63 bits per heavy atom. The van der Waals surface area contributed by atoms with Crippen molar-refractivity contribution in [2.24, 2.45) is 11.8 Å². The molecule has 35 heavy (non-hydrogen) atoms. The van der Waals surface area contributed by atoms with Crippen LogP contribution in [0.4, 0.5) is 4.79 Å². The summed E-state index contributed by atoms with van der Waals surface area (Å²) >= 11 is 0. The van der Waals surface area contributed by atoms with Crippen LogP contribution >= 0.6 is 0 Å². The number of nitrogens with zero attached hydrogens (tertiary/aromatic N) is 1. The molecule has 1 heterocycles. The predicted molar refractivity (Wildman–Crippen MR) is 131 cm³/mol. The van der Waals surface area contributed by atoms with Gasteiger partial charge >= 0.3 is 12.1 Å². The van der Waals surface area contributed by atoms with Crippen LogP contribution in [-0.2, 0) is 14.3 Å². The summed E-state index contributed by atoms with van der Waals surface area (Å²) in [6.07, 6.45) is 3.99. The first kappa shape index (κ1) is 23.4. The van der Waals surface area contributed by atoms with E-state index in [4.69, 9.17) is 4.74 Å². The summed E-state index contributed by atoms with van der Waals surface area (Å²) < 4.78 is 5.65. The fourth-order valence-electron chi connectivity index (χ4n) is 5.89. The van der Waals surface area contributed by atoms with E-state index in [1.807, 2.05) is 24.3 Å². The zero-order valence-electron chi connectivity index (χ0n) is 19.8. The molecule has 2 fully saturated rings. The van der Waals surface area contributed by atoms with Crippen LogP contribution in [0.25, 0.3) is 11.1 Å². The van der Waals surface area contributed by atoms with Gasteiger partial charge in [0.2, 0.25) is 5.91 Å². The third kappa shape index (κ3) is 4.77. The minimum absolute atomic E-state index is 0.0152. The number of carboxylic acids is 1. The summed E-state index contributed by atoms with van der Waals surface area (Å²) in [6, 6.07) is 16.1. The van der Waals surface area contributed by atoms with Crippen LogP contribution in [0.15, 0.2) is 48.5 Å². The van der Waals surface area contributed by atoms with Crippen molar-refractivity contribution in [2.75, 3.05) is 19.7 Å². The highest BCUT2D eigenvalue weighted by molar-refractivity contribution is 5.82. The van der Waals surface area contributed by atoms with Gasteiger partial charge in [-0.2, -0.15) is 0 Å². The number of fused-ring (bicyclic) bond motifs is 3. The van der Waals surface area contributed by atoms with Crippen molar-refractivity contribution < 1.29 is 24.2 Å². The number of benzene rings is 2. The number of aliphatic carboxylic acids is 1. The highest BCUT2D eigenvalue weighted by atomic mass is 16.5. The van der Waals surface area contributed by atoms with Gasteiger partial charge in [0.1, 0.15) is 6.61 Å². The van der Waals surface area contributed by atoms with Crippen LogP contribution in [-0.4, -0.2) is 53.7 Å². The maximum absolute atomic E-state index is 13.4. The standard InChI is InChI=1S/C28H32N2O5/c31-26(32)15-19-9-6-14-30(19)27(33)24(18-7-5-8-18)16-29-28(34)35-17-25-22-12-3-1-10-20(22)21-11-2-4-13-23(21)25/h1-4,10-13,18-19,24-25H,5-9,14-17H2,(H,29,34)(H,31,32). The number of carbonyl (C=O) groups is 3. The van der Waals surface area contributed by atoms with E-state index in [0.29, 0.717) is 6.54 Å². The molecule has 1 saturated heterocycles. The van der Waals surface area contributed by atoms with Crippen molar-refractivity contribution in [3.63, 3.8) is 0 Å². The maximum atomic E-state index is 13.4. The van der Waals surface area contributed by atoms with Gasteiger partial charge in [-0.3, -0.25) is 9.59 Å². The molecule has 0 radical (unpaired) electrons. The van der Waals surface area contributed by atoms with Crippen LogP contribution in [0.1, 0.15) is 55.6 Å². The highest BCUT2D eigenvalue weighted by Gasteiger charge is 2.39. The van der Waals surface area contributed by atoms with Crippen molar-refractivity contribution >= 4 is 18.0 Å². The van der Waals surface area contributed by atoms with Crippen molar-refractivity contribution in [1.29, 1.82) is 0 Å². The summed E-state index contributed by atoms with van der Waals surface area (Å²) in [5, 5.41) is 12.1. The molecule has 2 amide bonds. The number of ether oxygens (including phenoxy) is 1. The van der Waals surface area contributed by atoms with Crippen LogP contribution in [0.5, 0.6) is 0 Å². The SMILES string of the molecule is O=C(O)CC1CCCN1C(=O)C(CNC(=O)OCC1c2ccccc2-c2ccccc21)C1CCC1. The summed E-state index contributed by atoms with van der Waals surface area (Å²) in [6.45, 7) is 1.04. The molecule has 2 N–H and O–H groups in total. The molecule has 2 aliphatic carbocycles. The van der Waals surface area contributed by atoms with Gasteiger partial charge in [-0.15, -0.1) is 0 Å². The highest BCUT2D eigenvalue weighted by Crippen LogP contribution is 2.44. The Labute approximate surface area is 205 Å². The lowest BCUT2D eigenvalue weighted by molar-refractivity contribution is -0.142. The van der Waals surface area contributed by atoms with Crippen LogP contribution < -0.4 is 5.32 Å². The van der Waals surface area contributed by atoms with E-state index in [0.717, 1.165) is 43.2 Å². The molecular weight excluding hydrogens is 444 g/mol. The molecule has 2 aromatic rings. The maximum Gasteiger partial charge on any atom is 0.407 e. The van der Waals surface area contributed by atoms with E-state index in [-0.39, 0.29) is 49.3 Å². The lowest BCUT2D eigenvalue weighted by Crippen LogP contribution is -2.48. The Bertz CT molecular complexity index is 1070. The second kappa shape index (κ2) is 10.1. The molecule has 3 aliphatic rings. The van der Waals surface area contributed by atoms with E-state index in [1.165, 1.54) is 11.1 Å². The van der Waals surface area contributed by atoms with E-state index in [2.05, 4.69) is 29.6 Å². The smallest absolute Gasteiger partial charge is 0.407 e. The Balaban J connectivity index is 1.20. The third-order valence-corrected chi connectivity index (χ3v) is 7.92. The van der Waals surface area contributed by atoms with Crippen LogP contribution in [0.2, 0.25) is 0 Å². The van der Waals surface area contributed by atoms with Gasteiger partial charge in [0.05, 0.1) is 12.3 Å². The van der Waals surface area contributed by atoms with E-state index < -0.39 is 12.1 Å². The third-order valence-electron chi connectivity index (χ3n) is 7.92. The molecule has 5 rings (SSSR count). The molecule has 0 aromatic heterocycles. The molecule has 0 bridgehead atoms. The number of rotatable bonds is 8. The monoisotopic (exact) mass is 476 g/mol. The Morgan fingerprint density at radius 1 is 0.971 bits per heavy atom. The van der Waals surface area contributed by atoms with E-state index in [9.17, 15) is 19.5 Å². The van der Waals surface area contributed by atoms with Crippen molar-refractivity contribution in [2.45, 2.75) is 50.5 Å². The van der Waals surface area contributed by atoms with Crippen LogP contribution in [0.3, 0.4) is 0 Å². The first-order valence-electron chi connectivity index (χ1n) is 12.6. The minimum Gasteiger partial charge on any atom is -0.481 e. The topological polar surface area (TPSA) is 95.9 Å². The molecular formula is C28H32N2O5. The number of alkyl carbamates (subject to hydrolysis) is 1. The van der Waals surface area contributed by atoms with Crippen molar-refractivity contribution in [3.05, 3.63) is 59.7 Å². The van der Waals surface area contributed by atoms with Gasteiger partial charge < -0.3 is 20.1 Å². The molecule has 7 heteroatoms. The fourth-order valence-corrected chi connectivity index (χ4v) is 5.89. The van der Waals surface area contributed by atoms with Gasteiger partial charge in [-0.1, -0.05) is 55.0 Å². The molecule has 184 valence electrons. The molecule has 2 aromatic carbocycles. The molecule has 1 saturated carbocycles. The average molecular weight is 477 g/mol. The largest absolute Gasteiger partial charge is 0.481 e. The number of hydrogen-bond donors (Lipinski definition) is 2. The molecule has 2 unspecified atom stereocenters. The number of amides is 2. The van der Waals surface area contributed by atoms with Crippen LogP contribution in [0, 0.1) is 11.8 Å². The Hall–Kier alpha value is -3.35. The second-order valence-electron chi connectivity index (χ2n) is 9.93. The normalized spacial score (nSPS) is 20.0. The summed E-state index contributed by atoms with van der Waals surface area (Å²) in [7, 11) is 0.